The molecule has 4 nitrogen and oxygen atoms in total. The summed E-state index contributed by atoms with van der Waals surface area (Å²) in [6.45, 7) is 4.02. The van der Waals surface area contributed by atoms with Crippen LogP contribution in [0.25, 0.3) is 0 Å². The Morgan fingerprint density at radius 2 is 2.05 bits per heavy atom. The van der Waals surface area contributed by atoms with Crippen molar-refractivity contribution in [2.24, 2.45) is 0 Å². The SMILES string of the molecule is CCSCC(C)NC(=O)Cc1ccccc1C(=O)O. The van der Waals surface area contributed by atoms with Crippen molar-refractivity contribution in [2.75, 3.05) is 11.5 Å². The summed E-state index contributed by atoms with van der Waals surface area (Å²) >= 11 is 1.76. The molecule has 1 aromatic carbocycles. The molecule has 1 aromatic rings. The van der Waals surface area contributed by atoms with E-state index in [1.54, 1.807) is 30.0 Å². The van der Waals surface area contributed by atoms with E-state index < -0.39 is 5.97 Å². The van der Waals surface area contributed by atoms with Gasteiger partial charge in [0.2, 0.25) is 5.91 Å². The third kappa shape index (κ3) is 5.34. The van der Waals surface area contributed by atoms with E-state index in [1.165, 1.54) is 6.07 Å². The highest BCUT2D eigenvalue weighted by Crippen LogP contribution is 2.10. The van der Waals surface area contributed by atoms with Crippen molar-refractivity contribution >= 4 is 23.6 Å². The van der Waals surface area contributed by atoms with E-state index in [9.17, 15) is 9.59 Å². The molecule has 1 atom stereocenters. The Kier molecular flexibility index (Phi) is 6.42. The Bertz CT molecular complexity index is 448. The number of carboxylic acids is 1. The molecule has 0 radical (unpaired) electrons. The molecule has 5 heteroatoms. The van der Waals surface area contributed by atoms with Crippen LogP contribution < -0.4 is 5.32 Å². The van der Waals surface area contributed by atoms with Gasteiger partial charge in [-0.2, -0.15) is 11.8 Å². The van der Waals surface area contributed by atoms with Crippen molar-refractivity contribution in [2.45, 2.75) is 26.3 Å². The molecule has 0 spiro atoms. The number of thioether (sulfide) groups is 1. The van der Waals surface area contributed by atoms with Crippen LogP contribution in [0.4, 0.5) is 0 Å². The smallest absolute Gasteiger partial charge is 0.335 e. The average molecular weight is 281 g/mol. The normalized spacial score (nSPS) is 11.9. The number of aromatic carboxylic acids is 1. The lowest BCUT2D eigenvalue weighted by Gasteiger charge is -2.13. The first-order valence-electron chi connectivity index (χ1n) is 6.23. The molecular formula is C14H19NO3S. The van der Waals surface area contributed by atoms with Gasteiger partial charge in [0.25, 0.3) is 0 Å². The van der Waals surface area contributed by atoms with Crippen LogP contribution in [-0.2, 0) is 11.2 Å². The standard InChI is InChI=1S/C14H19NO3S/c1-3-19-9-10(2)15-13(16)8-11-6-4-5-7-12(11)14(17)18/h4-7,10H,3,8-9H2,1-2H3,(H,15,16)(H,17,18). The van der Waals surface area contributed by atoms with Crippen molar-refractivity contribution in [3.63, 3.8) is 0 Å². The second-order valence-electron chi connectivity index (χ2n) is 4.27. The predicted molar refractivity (Wildman–Crippen MR) is 77.7 cm³/mol. The zero-order valence-electron chi connectivity index (χ0n) is 11.2. The summed E-state index contributed by atoms with van der Waals surface area (Å²) in [6, 6.07) is 6.68. The van der Waals surface area contributed by atoms with E-state index in [1.807, 2.05) is 6.92 Å². The lowest BCUT2D eigenvalue weighted by Crippen LogP contribution is -2.35. The van der Waals surface area contributed by atoms with E-state index in [2.05, 4.69) is 12.2 Å². The largest absolute Gasteiger partial charge is 0.478 e. The molecule has 1 unspecified atom stereocenters. The van der Waals surface area contributed by atoms with E-state index in [0.717, 1.165) is 11.5 Å². The minimum Gasteiger partial charge on any atom is -0.478 e. The van der Waals surface area contributed by atoms with Crippen LogP contribution in [0.15, 0.2) is 24.3 Å². The van der Waals surface area contributed by atoms with Crippen LogP contribution in [0.5, 0.6) is 0 Å². The summed E-state index contributed by atoms with van der Waals surface area (Å²) in [5, 5.41) is 11.9. The van der Waals surface area contributed by atoms with Gasteiger partial charge in [-0.05, 0) is 24.3 Å². The van der Waals surface area contributed by atoms with Crippen LogP contribution in [0.3, 0.4) is 0 Å². The molecule has 0 saturated heterocycles. The molecule has 0 bridgehead atoms. The van der Waals surface area contributed by atoms with Crippen molar-refractivity contribution in [3.05, 3.63) is 35.4 Å². The van der Waals surface area contributed by atoms with Crippen molar-refractivity contribution in [1.29, 1.82) is 0 Å². The third-order valence-corrected chi connectivity index (χ3v) is 3.72. The Labute approximate surface area is 117 Å². The fourth-order valence-corrected chi connectivity index (χ4v) is 2.39. The summed E-state index contributed by atoms with van der Waals surface area (Å²) in [6.07, 6.45) is 0.101. The monoisotopic (exact) mass is 281 g/mol. The average Bonchev–Trinajstić information content (AvgIpc) is 2.36. The first-order chi connectivity index (χ1) is 9.04. The molecule has 0 aliphatic rings. The molecule has 19 heavy (non-hydrogen) atoms. The van der Waals surface area contributed by atoms with Gasteiger partial charge < -0.3 is 10.4 Å². The van der Waals surface area contributed by atoms with Gasteiger partial charge in [-0.3, -0.25) is 4.79 Å². The second-order valence-corrected chi connectivity index (χ2v) is 5.59. The topological polar surface area (TPSA) is 66.4 Å². The van der Waals surface area contributed by atoms with Crippen molar-refractivity contribution in [1.82, 2.24) is 5.32 Å². The summed E-state index contributed by atoms with van der Waals surface area (Å²) in [5.41, 5.74) is 0.732. The maximum absolute atomic E-state index is 11.8. The molecule has 2 N–H and O–H groups in total. The number of carbonyl (C=O) groups excluding carboxylic acids is 1. The summed E-state index contributed by atoms with van der Waals surface area (Å²) < 4.78 is 0. The number of hydrogen-bond acceptors (Lipinski definition) is 3. The van der Waals surface area contributed by atoms with Gasteiger partial charge in [0, 0.05) is 11.8 Å². The van der Waals surface area contributed by atoms with Gasteiger partial charge in [0.15, 0.2) is 0 Å². The molecule has 0 aliphatic heterocycles. The number of carbonyl (C=O) groups is 2. The molecular weight excluding hydrogens is 262 g/mol. The highest BCUT2D eigenvalue weighted by Gasteiger charge is 2.13. The molecule has 0 aliphatic carbocycles. The van der Waals surface area contributed by atoms with Crippen molar-refractivity contribution in [3.8, 4) is 0 Å². The van der Waals surface area contributed by atoms with Gasteiger partial charge in [-0.15, -0.1) is 0 Å². The maximum atomic E-state index is 11.8. The first kappa shape index (κ1) is 15.6. The molecule has 0 heterocycles. The molecule has 1 rings (SSSR count). The minimum absolute atomic E-state index is 0.0921. The van der Waals surface area contributed by atoms with Crippen molar-refractivity contribution < 1.29 is 14.7 Å². The highest BCUT2D eigenvalue weighted by atomic mass is 32.2. The van der Waals surface area contributed by atoms with Crippen LogP contribution in [0.2, 0.25) is 0 Å². The van der Waals surface area contributed by atoms with Gasteiger partial charge in [-0.1, -0.05) is 25.1 Å². The predicted octanol–water partition coefficient (Wildman–Crippen LogP) is 2.19. The maximum Gasteiger partial charge on any atom is 0.335 e. The van der Waals surface area contributed by atoms with E-state index >= 15 is 0 Å². The van der Waals surface area contributed by atoms with Gasteiger partial charge in [-0.25, -0.2) is 4.79 Å². The number of benzene rings is 1. The number of nitrogens with one attached hydrogen (secondary N) is 1. The summed E-state index contributed by atoms with van der Waals surface area (Å²) in [4.78, 5) is 22.9. The minimum atomic E-state index is -1.00. The van der Waals surface area contributed by atoms with Gasteiger partial charge >= 0.3 is 5.97 Å². The first-order valence-corrected chi connectivity index (χ1v) is 7.38. The van der Waals surface area contributed by atoms with Crippen LogP contribution in [-0.4, -0.2) is 34.5 Å². The number of hydrogen-bond donors (Lipinski definition) is 2. The summed E-state index contributed by atoms with van der Waals surface area (Å²) in [5.74, 6) is 0.737. The van der Waals surface area contributed by atoms with E-state index in [4.69, 9.17) is 5.11 Å². The molecule has 0 fully saturated rings. The zero-order chi connectivity index (χ0) is 14.3. The van der Waals surface area contributed by atoms with Crippen LogP contribution in [0, 0.1) is 0 Å². The molecule has 0 aromatic heterocycles. The Balaban J connectivity index is 2.60. The lowest BCUT2D eigenvalue weighted by molar-refractivity contribution is -0.120. The lowest BCUT2D eigenvalue weighted by atomic mass is 10.0. The van der Waals surface area contributed by atoms with Crippen LogP contribution in [0.1, 0.15) is 29.8 Å². The second kappa shape index (κ2) is 7.84. The highest BCUT2D eigenvalue weighted by molar-refractivity contribution is 7.99. The van der Waals surface area contributed by atoms with Gasteiger partial charge in [0.05, 0.1) is 12.0 Å². The molecule has 104 valence electrons. The molecule has 0 saturated carbocycles. The van der Waals surface area contributed by atoms with Gasteiger partial charge in [0.1, 0.15) is 0 Å². The Morgan fingerprint density at radius 1 is 1.37 bits per heavy atom. The van der Waals surface area contributed by atoms with E-state index in [0.29, 0.717) is 5.56 Å². The fraction of sp³-hybridized carbons (Fsp3) is 0.429. The number of carboxylic acid groups (broad SMARTS) is 1. The fourth-order valence-electron chi connectivity index (χ4n) is 1.72. The number of amides is 1. The molecule has 1 amide bonds. The Morgan fingerprint density at radius 3 is 2.68 bits per heavy atom. The zero-order valence-corrected chi connectivity index (χ0v) is 12.0. The Hall–Kier alpha value is -1.49. The quantitative estimate of drug-likeness (QED) is 0.804. The van der Waals surface area contributed by atoms with E-state index in [-0.39, 0.29) is 23.9 Å². The third-order valence-electron chi connectivity index (χ3n) is 2.58. The number of rotatable bonds is 7. The summed E-state index contributed by atoms with van der Waals surface area (Å²) in [7, 11) is 0. The van der Waals surface area contributed by atoms with Crippen LogP contribution >= 0.6 is 11.8 Å².